The van der Waals surface area contributed by atoms with Gasteiger partial charge < -0.3 is 82.4 Å². The smallest absolute Gasteiger partial charge is 0.180 e. The van der Waals surface area contributed by atoms with Crippen molar-refractivity contribution in [2.24, 2.45) is 0 Å². The number of aliphatic hydroxyl groups is 5. The van der Waals surface area contributed by atoms with Gasteiger partial charge in [0.1, 0.15) is 18.5 Å². The van der Waals surface area contributed by atoms with Gasteiger partial charge in [-0.2, -0.15) is 0 Å². The molecular formula is C33H62O17. The topological polar surface area (TPSA) is 212 Å². The molecule has 5 N–H and O–H groups in total. The van der Waals surface area contributed by atoms with Crippen LogP contribution in [0.4, 0.5) is 0 Å². The SMILES string of the molecule is OCCOCCOCCOCCOCCOC(CO)OCC(O)COc1ccccc1.OCCOCCOCCOCCOCCOCCO. The maximum absolute atomic E-state index is 9.90. The molecule has 0 spiro atoms. The van der Waals surface area contributed by atoms with Crippen molar-refractivity contribution >= 4 is 0 Å². The Morgan fingerprint density at radius 1 is 0.400 bits per heavy atom. The molecule has 0 radical (unpaired) electrons. The van der Waals surface area contributed by atoms with E-state index in [9.17, 15) is 10.2 Å². The molecule has 0 aliphatic rings. The van der Waals surface area contributed by atoms with Crippen LogP contribution in [-0.2, 0) is 52.1 Å². The van der Waals surface area contributed by atoms with Crippen molar-refractivity contribution in [2.75, 3.05) is 165 Å². The molecule has 2 atom stereocenters. The van der Waals surface area contributed by atoms with Gasteiger partial charge in [-0.3, -0.25) is 0 Å². The van der Waals surface area contributed by atoms with Crippen molar-refractivity contribution in [1.82, 2.24) is 0 Å². The fraction of sp³-hybridized carbons (Fsp3) is 0.818. The molecular weight excluding hydrogens is 668 g/mol. The summed E-state index contributed by atoms with van der Waals surface area (Å²) in [5, 5.41) is 44.6. The lowest BCUT2D eigenvalue weighted by Gasteiger charge is -2.19. The average molecular weight is 731 g/mol. The quantitative estimate of drug-likeness (QED) is 0.0403. The van der Waals surface area contributed by atoms with Gasteiger partial charge in [-0.15, -0.1) is 0 Å². The number of hydrogen-bond donors (Lipinski definition) is 5. The molecule has 0 aromatic heterocycles. The highest BCUT2D eigenvalue weighted by Gasteiger charge is 2.12. The van der Waals surface area contributed by atoms with Crippen LogP contribution >= 0.6 is 0 Å². The molecule has 50 heavy (non-hydrogen) atoms. The van der Waals surface area contributed by atoms with Crippen LogP contribution in [0.1, 0.15) is 0 Å². The third-order valence-electron chi connectivity index (χ3n) is 5.65. The summed E-state index contributed by atoms with van der Waals surface area (Å²) in [6, 6.07) is 9.16. The van der Waals surface area contributed by atoms with Crippen LogP contribution in [0.3, 0.4) is 0 Å². The molecule has 2 unspecified atom stereocenters. The van der Waals surface area contributed by atoms with Crippen LogP contribution in [0.5, 0.6) is 5.75 Å². The van der Waals surface area contributed by atoms with E-state index < -0.39 is 12.4 Å². The van der Waals surface area contributed by atoms with Gasteiger partial charge in [-0.05, 0) is 12.1 Å². The lowest BCUT2D eigenvalue weighted by molar-refractivity contribution is -0.183. The van der Waals surface area contributed by atoms with Gasteiger partial charge in [-0.1, -0.05) is 18.2 Å². The van der Waals surface area contributed by atoms with Crippen molar-refractivity contribution in [3.63, 3.8) is 0 Å². The van der Waals surface area contributed by atoms with Crippen LogP contribution in [0, 0.1) is 0 Å². The van der Waals surface area contributed by atoms with Crippen molar-refractivity contribution < 1.29 is 82.4 Å². The zero-order valence-corrected chi connectivity index (χ0v) is 29.4. The predicted molar refractivity (Wildman–Crippen MR) is 179 cm³/mol. The van der Waals surface area contributed by atoms with Crippen LogP contribution in [-0.4, -0.2) is 203 Å². The third-order valence-corrected chi connectivity index (χ3v) is 5.65. The second-order valence-electron chi connectivity index (χ2n) is 9.78. The normalized spacial score (nSPS) is 12.4. The second-order valence-corrected chi connectivity index (χ2v) is 9.78. The van der Waals surface area contributed by atoms with E-state index in [1.54, 1.807) is 12.1 Å². The number of aliphatic hydroxyl groups excluding tert-OH is 5. The van der Waals surface area contributed by atoms with Gasteiger partial charge in [0.15, 0.2) is 6.29 Å². The van der Waals surface area contributed by atoms with Crippen molar-refractivity contribution in [1.29, 1.82) is 0 Å². The first kappa shape index (κ1) is 48.4. The zero-order chi connectivity index (χ0) is 36.4. The maximum atomic E-state index is 9.90. The first-order valence-corrected chi connectivity index (χ1v) is 16.9. The molecule has 0 bridgehead atoms. The van der Waals surface area contributed by atoms with Crippen LogP contribution < -0.4 is 4.74 Å². The molecule has 0 aliphatic carbocycles. The lowest BCUT2D eigenvalue weighted by Crippen LogP contribution is -2.30. The second kappa shape index (κ2) is 41.8. The summed E-state index contributed by atoms with van der Waals surface area (Å²) in [4.78, 5) is 0. The molecule has 0 fully saturated rings. The Balaban J connectivity index is 0.00000108. The Morgan fingerprint density at radius 3 is 1.08 bits per heavy atom. The first-order chi connectivity index (χ1) is 24.7. The highest BCUT2D eigenvalue weighted by Crippen LogP contribution is 2.08. The Kier molecular flexibility index (Phi) is 40.4. The van der Waals surface area contributed by atoms with Crippen molar-refractivity contribution in [3.05, 3.63) is 30.3 Å². The fourth-order valence-corrected chi connectivity index (χ4v) is 3.30. The number of rotatable bonds is 38. The van der Waals surface area contributed by atoms with Crippen LogP contribution in [0.15, 0.2) is 30.3 Å². The number of hydrogen-bond acceptors (Lipinski definition) is 17. The summed E-state index contributed by atoms with van der Waals surface area (Å²) in [6.07, 6.45) is -1.69. The minimum absolute atomic E-state index is 0.00950. The molecule has 296 valence electrons. The molecule has 0 heterocycles. The van der Waals surface area contributed by atoms with Crippen molar-refractivity contribution in [2.45, 2.75) is 12.4 Å². The van der Waals surface area contributed by atoms with E-state index in [0.717, 1.165) is 0 Å². The maximum Gasteiger partial charge on any atom is 0.180 e. The third kappa shape index (κ3) is 37.6. The van der Waals surface area contributed by atoms with Gasteiger partial charge in [0.05, 0.1) is 159 Å². The van der Waals surface area contributed by atoms with E-state index in [0.29, 0.717) is 125 Å². The highest BCUT2D eigenvalue weighted by molar-refractivity contribution is 5.20. The van der Waals surface area contributed by atoms with Crippen LogP contribution in [0.2, 0.25) is 0 Å². The Morgan fingerprint density at radius 2 is 0.740 bits per heavy atom. The van der Waals surface area contributed by atoms with Gasteiger partial charge in [-0.25, -0.2) is 0 Å². The molecule has 1 aromatic rings. The Labute approximate surface area is 296 Å². The summed E-state index contributed by atoms with van der Waals surface area (Å²) in [7, 11) is 0. The number of ether oxygens (including phenoxy) is 12. The molecule has 0 saturated carbocycles. The number of benzene rings is 1. The van der Waals surface area contributed by atoms with E-state index in [1.807, 2.05) is 18.2 Å². The van der Waals surface area contributed by atoms with E-state index in [2.05, 4.69) is 0 Å². The van der Waals surface area contributed by atoms with Gasteiger partial charge in [0.2, 0.25) is 0 Å². The Bertz CT molecular complexity index is 736. The van der Waals surface area contributed by atoms with Crippen molar-refractivity contribution in [3.8, 4) is 5.75 Å². The molecule has 0 amide bonds. The summed E-state index contributed by atoms with van der Waals surface area (Å²) in [5.74, 6) is 0.661. The van der Waals surface area contributed by atoms with E-state index in [-0.39, 0.29) is 46.2 Å². The minimum Gasteiger partial charge on any atom is -0.491 e. The molecule has 1 rings (SSSR count). The van der Waals surface area contributed by atoms with Crippen LogP contribution in [0.25, 0.3) is 0 Å². The summed E-state index contributed by atoms with van der Waals surface area (Å²) in [6.45, 7) is 8.06. The van der Waals surface area contributed by atoms with E-state index in [1.165, 1.54) is 0 Å². The standard InChI is InChI=1S/C21H36O10.C12H26O7/c22-6-7-25-8-9-26-10-11-27-12-13-28-14-15-29-21(16-23)31-18-19(24)17-30-20-4-2-1-3-5-20;13-1-3-15-5-7-17-9-11-19-12-10-18-8-6-16-4-2-14/h1-5,19,21-24H,6-18H2;13-14H,1-12H2. The van der Waals surface area contributed by atoms with Gasteiger partial charge in [0.25, 0.3) is 0 Å². The summed E-state index contributed by atoms with van der Waals surface area (Å²) >= 11 is 0. The minimum atomic E-state index is -0.844. The molecule has 0 aliphatic heterocycles. The van der Waals surface area contributed by atoms with Gasteiger partial charge in [0, 0.05) is 0 Å². The molecule has 0 saturated heterocycles. The van der Waals surface area contributed by atoms with Gasteiger partial charge >= 0.3 is 0 Å². The average Bonchev–Trinajstić information content (AvgIpc) is 3.14. The van der Waals surface area contributed by atoms with E-state index >= 15 is 0 Å². The largest absolute Gasteiger partial charge is 0.491 e. The molecule has 17 nitrogen and oxygen atoms in total. The predicted octanol–water partition coefficient (Wildman–Crippen LogP) is -1.11. The lowest BCUT2D eigenvalue weighted by atomic mass is 10.3. The zero-order valence-electron chi connectivity index (χ0n) is 29.4. The highest BCUT2D eigenvalue weighted by atomic mass is 16.7. The summed E-state index contributed by atoms with van der Waals surface area (Å²) < 4.78 is 63.0. The molecule has 17 heteroatoms. The first-order valence-electron chi connectivity index (χ1n) is 16.9. The molecule has 1 aromatic carbocycles. The summed E-state index contributed by atoms with van der Waals surface area (Å²) in [5.41, 5.74) is 0. The fourth-order valence-electron chi connectivity index (χ4n) is 3.30. The monoisotopic (exact) mass is 730 g/mol. The Hall–Kier alpha value is -1.62. The number of para-hydroxylation sites is 1. The van der Waals surface area contributed by atoms with E-state index in [4.69, 9.17) is 72.2 Å².